The lowest BCUT2D eigenvalue weighted by Crippen LogP contribution is -2.46. The molecule has 1 rings (SSSR count). The number of nitriles is 1. The zero-order chi connectivity index (χ0) is 17.2. The first-order chi connectivity index (χ1) is 11.0. The van der Waals surface area contributed by atoms with Crippen molar-refractivity contribution in [2.75, 3.05) is 39.3 Å². The lowest BCUT2D eigenvalue weighted by Gasteiger charge is -2.27. The van der Waals surface area contributed by atoms with Gasteiger partial charge in [-0.3, -0.25) is 9.69 Å². The van der Waals surface area contributed by atoms with Crippen molar-refractivity contribution in [2.24, 2.45) is 5.92 Å². The summed E-state index contributed by atoms with van der Waals surface area (Å²) in [4.78, 5) is 25.2. The Morgan fingerprint density at radius 3 is 2.57 bits per heavy atom. The lowest BCUT2D eigenvalue weighted by molar-refractivity contribution is -0.140. The van der Waals surface area contributed by atoms with E-state index in [2.05, 4.69) is 20.9 Å². The van der Waals surface area contributed by atoms with Crippen LogP contribution in [0.3, 0.4) is 0 Å². The van der Waals surface area contributed by atoms with E-state index in [1.54, 1.807) is 19.9 Å². The van der Waals surface area contributed by atoms with Gasteiger partial charge in [-0.1, -0.05) is 13.8 Å². The van der Waals surface area contributed by atoms with Gasteiger partial charge in [-0.2, -0.15) is 5.26 Å². The van der Waals surface area contributed by atoms with Crippen LogP contribution in [0.2, 0.25) is 0 Å². The highest BCUT2D eigenvalue weighted by atomic mass is 16.4. The third kappa shape index (κ3) is 6.67. The molecule has 1 fully saturated rings. The molecular weight excluding hydrogens is 298 g/mol. The molecule has 1 aliphatic heterocycles. The Labute approximate surface area is 136 Å². The summed E-state index contributed by atoms with van der Waals surface area (Å²) >= 11 is 0. The molecule has 0 bridgehead atoms. The van der Waals surface area contributed by atoms with E-state index in [-0.39, 0.29) is 11.5 Å². The van der Waals surface area contributed by atoms with Crippen molar-refractivity contribution >= 4 is 11.9 Å². The fourth-order valence-electron chi connectivity index (χ4n) is 2.23. The summed E-state index contributed by atoms with van der Waals surface area (Å²) in [6, 6.07) is 0.953. The molecule has 0 spiro atoms. The van der Waals surface area contributed by atoms with Crippen LogP contribution in [0.5, 0.6) is 0 Å². The number of hydrogen-bond donors (Lipinski definition) is 4. The number of rotatable bonds is 8. The topological polar surface area (TPSA) is 117 Å². The fraction of sp³-hybridized carbons (Fsp3) is 0.667. The highest BCUT2D eigenvalue weighted by Crippen LogP contribution is 2.02. The minimum atomic E-state index is -1.02. The van der Waals surface area contributed by atoms with E-state index in [9.17, 15) is 9.59 Å². The summed E-state index contributed by atoms with van der Waals surface area (Å²) in [5, 5.41) is 26.7. The number of carboxylic acids is 1. The van der Waals surface area contributed by atoms with Gasteiger partial charge in [-0.05, 0) is 5.92 Å². The van der Waals surface area contributed by atoms with E-state index in [1.165, 1.54) is 6.20 Å². The summed E-state index contributed by atoms with van der Waals surface area (Å²) in [6.45, 7) is 8.42. The van der Waals surface area contributed by atoms with Gasteiger partial charge in [0.25, 0.3) is 5.91 Å². The molecule has 8 heteroatoms. The molecular formula is C15H25N5O3. The Bertz CT molecular complexity index is 478. The van der Waals surface area contributed by atoms with Crippen molar-refractivity contribution < 1.29 is 14.7 Å². The number of piperazine rings is 1. The predicted octanol–water partition coefficient (Wildman–Crippen LogP) is -0.886. The molecule has 0 aromatic rings. The second kappa shape index (κ2) is 9.82. The van der Waals surface area contributed by atoms with Gasteiger partial charge < -0.3 is 21.1 Å². The Morgan fingerprint density at radius 1 is 1.39 bits per heavy atom. The largest absolute Gasteiger partial charge is 0.480 e. The molecule has 128 valence electrons. The minimum absolute atomic E-state index is 0.128. The van der Waals surface area contributed by atoms with Gasteiger partial charge in [-0.25, -0.2) is 4.79 Å². The van der Waals surface area contributed by atoms with Crippen molar-refractivity contribution in [3.63, 3.8) is 0 Å². The molecule has 1 heterocycles. The Kier molecular flexibility index (Phi) is 8.08. The third-order valence-corrected chi connectivity index (χ3v) is 3.63. The Balaban J connectivity index is 2.45. The molecule has 1 unspecified atom stereocenters. The number of carboxylic acid groups (broad SMARTS) is 1. The molecule has 0 aromatic heterocycles. The smallest absolute Gasteiger partial charge is 0.326 e. The zero-order valence-electron chi connectivity index (χ0n) is 13.6. The molecule has 1 atom stereocenters. The number of nitrogens with zero attached hydrogens (tertiary/aromatic N) is 2. The first kappa shape index (κ1) is 18.9. The van der Waals surface area contributed by atoms with Crippen LogP contribution in [0, 0.1) is 17.2 Å². The fourth-order valence-corrected chi connectivity index (χ4v) is 2.23. The van der Waals surface area contributed by atoms with Crippen LogP contribution < -0.4 is 16.0 Å². The van der Waals surface area contributed by atoms with E-state index in [0.717, 1.165) is 32.7 Å². The first-order valence-corrected chi connectivity index (χ1v) is 7.76. The highest BCUT2D eigenvalue weighted by molar-refractivity contribution is 5.97. The maximum atomic E-state index is 11.9. The lowest BCUT2D eigenvalue weighted by atomic mass is 10.1. The first-order valence-electron chi connectivity index (χ1n) is 7.76. The number of carbonyl (C=O) groups excluding carboxylic acids is 1. The second-order valence-corrected chi connectivity index (χ2v) is 5.74. The Morgan fingerprint density at radius 2 is 2.04 bits per heavy atom. The van der Waals surface area contributed by atoms with E-state index in [1.807, 2.05) is 0 Å². The van der Waals surface area contributed by atoms with Crippen molar-refractivity contribution in [3.8, 4) is 6.07 Å². The highest BCUT2D eigenvalue weighted by Gasteiger charge is 2.20. The predicted molar refractivity (Wildman–Crippen MR) is 85.4 cm³/mol. The number of nitrogens with one attached hydrogen (secondary N) is 3. The second-order valence-electron chi connectivity index (χ2n) is 5.74. The van der Waals surface area contributed by atoms with Crippen LogP contribution in [-0.4, -0.2) is 67.2 Å². The van der Waals surface area contributed by atoms with Gasteiger partial charge in [0.15, 0.2) is 0 Å². The van der Waals surface area contributed by atoms with Crippen molar-refractivity contribution in [3.05, 3.63) is 11.8 Å². The summed E-state index contributed by atoms with van der Waals surface area (Å²) in [5.41, 5.74) is -0.128. The standard InChI is InChI=1S/C15H25N5O3/c1-11(2)13(15(22)23)19-10-12(9-16)14(21)18-5-8-20-6-3-17-4-7-20/h10-11,13,17,19H,3-8H2,1-2H3,(H,18,21)(H,22,23)/b12-10-. The molecule has 1 aliphatic rings. The molecule has 1 saturated heterocycles. The van der Waals surface area contributed by atoms with Gasteiger partial charge in [0.05, 0.1) is 0 Å². The number of hydrogen-bond acceptors (Lipinski definition) is 6. The summed E-state index contributed by atoms with van der Waals surface area (Å²) < 4.78 is 0. The van der Waals surface area contributed by atoms with Crippen LogP contribution in [0.15, 0.2) is 11.8 Å². The maximum Gasteiger partial charge on any atom is 0.326 e. The molecule has 0 radical (unpaired) electrons. The summed E-state index contributed by atoms with van der Waals surface area (Å²) in [7, 11) is 0. The van der Waals surface area contributed by atoms with Crippen molar-refractivity contribution in [2.45, 2.75) is 19.9 Å². The average molecular weight is 323 g/mol. The zero-order valence-corrected chi connectivity index (χ0v) is 13.6. The van der Waals surface area contributed by atoms with Gasteiger partial charge in [0.1, 0.15) is 17.7 Å². The van der Waals surface area contributed by atoms with E-state index in [4.69, 9.17) is 10.4 Å². The van der Waals surface area contributed by atoms with Gasteiger partial charge in [0, 0.05) is 45.5 Å². The minimum Gasteiger partial charge on any atom is -0.480 e. The Hall–Kier alpha value is -2.11. The maximum absolute atomic E-state index is 11.9. The van der Waals surface area contributed by atoms with Crippen LogP contribution in [0.4, 0.5) is 0 Å². The quantitative estimate of drug-likeness (QED) is 0.338. The molecule has 23 heavy (non-hydrogen) atoms. The normalized spacial score (nSPS) is 17.4. The number of carbonyl (C=O) groups is 2. The van der Waals surface area contributed by atoms with E-state index >= 15 is 0 Å². The monoisotopic (exact) mass is 323 g/mol. The number of aliphatic carboxylic acids is 1. The van der Waals surface area contributed by atoms with Crippen molar-refractivity contribution in [1.29, 1.82) is 5.26 Å². The van der Waals surface area contributed by atoms with Gasteiger partial charge >= 0.3 is 5.97 Å². The van der Waals surface area contributed by atoms with Gasteiger partial charge in [-0.15, -0.1) is 0 Å². The number of amides is 1. The van der Waals surface area contributed by atoms with Gasteiger partial charge in [0.2, 0.25) is 0 Å². The third-order valence-electron chi connectivity index (χ3n) is 3.63. The van der Waals surface area contributed by atoms with Crippen molar-refractivity contribution in [1.82, 2.24) is 20.9 Å². The molecule has 1 amide bonds. The summed E-state index contributed by atoms with van der Waals surface area (Å²) in [5.74, 6) is -1.69. The molecule has 0 saturated carbocycles. The summed E-state index contributed by atoms with van der Waals surface area (Å²) in [6.07, 6.45) is 1.18. The molecule has 0 aromatic carbocycles. The van der Waals surface area contributed by atoms with E-state index in [0.29, 0.717) is 6.54 Å². The van der Waals surface area contributed by atoms with Crippen LogP contribution in [0.1, 0.15) is 13.8 Å². The molecule has 0 aliphatic carbocycles. The van der Waals surface area contributed by atoms with Crippen LogP contribution in [0.25, 0.3) is 0 Å². The van der Waals surface area contributed by atoms with Crippen LogP contribution in [-0.2, 0) is 9.59 Å². The molecule has 4 N–H and O–H groups in total. The average Bonchev–Trinajstić information content (AvgIpc) is 2.51. The molecule has 8 nitrogen and oxygen atoms in total. The SMILES string of the molecule is CC(C)C(N/C=C(/C#N)C(=O)NCCN1CCNCC1)C(=O)O. The van der Waals surface area contributed by atoms with E-state index < -0.39 is 17.9 Å². The van der Waals surface area contributed by atoms with Crippen LogP contribution >= 0.6 is 0 Å².